The van der Waals surface area contributed by atoms with Gasteiger partial charge in [-0.1, -0.05) is 12.1 Å². The Hall–Kier alpha value is -2.28. The summed E-state index contributed by atoms with van der Waals surface area (Å²) in [4.78, 5) is 11.7. The normalized spacial score (nSPS) is 11.4. The number of nitrogens with two attached hydrogens (primary N) is 1. The molecule has 3 N–H and O–H groups in total. The molecule has 0 bridgehead atoms. The van der Waals surface area contributed by atoms with Crippen molar-refractivity contribution in [2.75, 3.05) is 0 Å². The zero-order valence-corrected chi connectivity index (χ0v) is 10.9. The quantitative estimate of drug-likeness (QED) is 0.912. The number of nitrogens with one attached hydrogen (secondary N) is 1. The summed E-state index contributed by atoms with van der Waals surface area (Å²) in [6, 6.07) is 7.66. The van der Waals surface area contributed by atoms with Crippen molar-refractivity contribution in [2.24, 2.45) is 5.73 Å². The Balaban J connectivity index is 1.95. The molecule has 1 aromatic carbocycles. The van der Waals surface area contributed by atoms with Gasteiger partial charge in [-0.25, -0.2) is 0 Å². The minimum Gasteiger partial charge on any atom is -0.455 e. The fourth-order valence-electron chi connectivity index (χ4n) is 1.69. The minimum atomic E-state index is -4.37. The third-order valence-electron chi connectivity index (χ3n) is 2.82. The third-order valence-corrected chi connectivity index (χ3v) is 2.82. The number of carbonyl (C=O) groups excluding carboxylic acids is 1. The van der Waals surface area contributed by atoms with Crippen LogP contribution in [0.15, 0.2) is 40.8 Å². The highest BCUT2D eigenvalue weighted by Gasteiger charge is 2.29. The molecule has 7 heteroatoms. The van der Waals surface area contributed by atoms with E-state index in [0.29, 0.717) is 11.3 Å². The Bertz CT molecular complexity index is 618. The number of alkyl halides is 3. The Morgan fingerprint density at radius 3 is 2.33 bits per heavy atom. The lowest BCUT2D eigenvalue weighted by atomic mass is 10.1. The first kappa shape index (κ1) is 15.1. The second kappa shape index (κ2) is 6.01. The van der Waals surface area contributed by atoms with Crippen LogP contribution in [0.4, 0.5) is 13.2 Å². The van der Waals surface area contributed by atoms with Crippen LogP contribution in [0.3, 0.4) is 0 Å². The number of amides is 1. The predicted octanol–water partition coefficient (Wildman–Crippen LogP) is 2.69. The number of furan rings is 1. The van der Waals surface area contributed by atoms with Gasteiger partial charge in [0.05, 0.1) is 12.1 Å². The summed E-state index contributed by atoms with van der Waals surface area (Å²) in [5.41, 5.74) is 5.19. The molecule has 0 aliphatic rings. The van der Waals surface area contributed by atoms with E-state index in [-0.39, 0.29) is 18.8 Å². The first-order valence-electron chi connectivity index (χ1n) is 6.13. The molecule has 0 spiro atoms. The first-order valence-corrected chi connectivity index (χ1v) is 6.13. The predicted molar refractivity (Wildman–Crippen MR) is 69.2 cm³/mol. The van der Waals surface area contributed by atoms with Gasteiger partial charge in [0.1, 0.15) is 5.76 Å². The maximum absolute atomic E-state index is 12.4. The molecule has 1 amide bonds. The van der Waals surface area contributed by atoms with Crippen LogP contribution < -0.4 is 11.1 Å². The molecule has 0 aliphatic carbocycles. The Kier molecular flexibility index (Phi) is 4.32. The van der Waals surface area contributed by atoms with E-state index in [9.17, 15) is 18.0 Å². The van der Waals surface area contributed by atoms with E-state index < -0.39 is 17.6 Å². The van der Waals surface area contributed by atoms with Crippen LogP contribution in [0, 0.1) is 0 Å². The average Bonchev–Trinajstić information content (AvgIpc) is 2.93. The molecule has 0 radical (unpaired) electrons. The van der Waals surface area contributed by atoms with Crippen LogP contribution in [0.25, 0.3) is 0 Å². The van der Waals surface area contributed by atoms with Crippen molar-refractivity contribution in [1.82, 2.24) is 5.32 Å². The van der Waals surface area contributed by atoms with Gasteiger partial charge < -0.3 is 15.5 Å². The van der Waals surface area contributed by atoms with E-state index in [2.05, 4.69) is 5.32 Å². The van der Waals surface area contributed by atoms with Crippen molar-refractivity contribution < 1.29 is 22.4 Å². The molecule has 0 aliphatic heterocycles. The van der Waals surface area contributed by atoms with Crippen LogP contribution in [-0.2, 0) is 19.3 Å². The van der Waals surface area contributed by atoms with Gasteiger partial charge in [0, 0.05) is 6.54 Å². The highest BCUT2D eigenvalue weighted by atomic mass is 19.4. The van der Waals surface area contributed by atoms with Crippen molar-refractivity contribution in [2.45, 2.75) is 19.3 Å². The molecule has 1 heterocycles. The van der Waals surface area contributed by atoms with Crippen LogP contribution in [0.2, 0.25) is 0 Å². The van der Waals surface area contributed by atoms with Crippen LogP contribution in [0.5, 0.6) is 0 Å². The summed E-state index contributed by atoms with van der Waals surface area (Å²) in [7, 11) is 0. The maximum Gasteiger partial charge on any atom is 0.416 e. The molecular weight excluding hydrogens is 285 g/mol. The number of hydrogen-bond donors (Lipinski definition) is 2. The van der Waals surface area contributed by atoms with Crippen molar-refractivity contribution in [3.8, 4) is 0 Å². The van der Waals surface area contributed by atoms with Gasteiger partial charge in [0.25, 0.3) is 5.91 Å². The molecule has 4 nitrogen and oxygen atoms in total. The smallest absolute Gasteiger partial charge is 0.416 e. The first-order chi connectivity index (χ1) is 9.90. The second-order valence-electron chi connectivity index (χ2n) is 4.35. The van der Waals surface area contributed by atoms with Crippen molar-refractivity contribution in [3.63, 3.8) is 0 Å². The number of halogens is 3. The fraction of sp³-hybridized carbons (Fsp3) is 0.214. The van der Waals surface area contributed by atoms with Gasteiger partial charge in [-0.2, -0.15) is 13.2 Å². The zero-order valence-electron chi connectivity index (χ0n) is 10.9. The average molecular weight is 298 g/mol. The molecule has 2 rings (SSSR count). The molecule has 21 heavy (non-hydrogen) atoms. The highest BCUT2D eigenvalue weighted by molar-refractivity contribution is 5.91. The molecule has 112 valence electrons. The van der Waals surface area contributed by atoms with Gasteiger partial charge in [-0.15, -0.1) is 0 Å². The van der Waals surface area contributed by atoms with Crippen LogP contribution in [-0.4, -0.2) is 5.91 Å². The Labute approximate surface area is 118 Å². The largest absolute Gasteiger partial charge is 0.455 e. The van der Waals surface area contributed by atoms with Crippen molar-refractivity contribution in [3.05, 3.63) is 59.0 Å². The summed E-state index contributed by atoms with van der Waals surface area (Å²) >= 11 is 0. The highest BCUT2D eigenvalue weighted by Crippen LogP contribution is 2.29. The van der Waals surface area contributed by atoms with Gasteiger partial charge in [-0.3, -0.25) is 4.79 Å². The van der Waals surface area contributed by atoms with Crippen LogP contribution >= 0.6 is 0 Å². The van der Waals surface area contributed by atoms with E-state index in [1.807, 2.05) is 0 Å². The number of carbonyl (C=O) groups is 1. The standard InChI is InChI=1S/C14H13F3N2O2/c15-14(16,17)10-3-1-9(2-4-10)8-19-13(20)12-6-5-11(7-18)21-12/h1-6H,7-8,18H2,(H,19,20). The second-order valence-corrected chi connectivity index (χ2v) is 4.35. The van der Waals surface area contributed by atoms with Gasteiger partial charge >= 0.3 is 6.18 Å². The molecule has 0 saturated carbocycles. The lowest BCUT2D eigenvalue weighted by Crippen LogP contribution is -2.22. The molecule has 1 aromatic heterocycles. The van der Waals surface area contributed by atoms with Gasteiger partial charge in [-0.05, 0) is 29.8 Å². The monoisotopic (exact) mass is 298 g/mol. The molecule has 0 saturated heterocycles. The summed E-state index contributed by atoms with van der Waals surface area (Å²) in [5, 5.41) is 2.56. The van der Waals surface area contributed by atoms with Crippen molar-refractivity contribution >= 4 is 5.91 Å². The number of hydrogen-bond acceptors (Lipinski definition) is 3. The molecule has 0 atom stereocenters. The summed E-state index contributed by atoms with van der Waals surface area (Å²) in [5.74, 6) is 0.145. The van der Waals surface area contributed by atoms with E-state index in [4.69, 9.17) is 10.2 Å². The zero-order chi connectivity index (χ0) is 15.5. The third kappa shape index (κ3) is 3.85. The number of benzene rings is 1. The molecular formula is C14H13F3N2O2. The Morgan fingerprint density at radius 1 is 1.14 bits per heavy atom. The van der Waals surface area contributed by atoms with Crippen molar-refractivity contribution in [1.29, 1.82) is 0 Å². The minimum absolute atomic E-state index is 0.107. The van der Waals surface area contributed by atoms with E-state index >= 15 is 0 Å². The molecule has 0 unspecified atom stereocenters. The van der Waals surface area contributed by atoms with E-state index in [1.54, 1.807) is 6.07 Å². The van der Waals surface area contributed by atoms with E-state index in [0.717, 1.165) is 12.1 Å². The fourth-order valence-corrected chi connectivity index (χ4v) is 1.69. The Morgan fingerprint density at radius 2 is 1.81 bits per heavy atom. The lowest BCUT2D eigenvalue weighted by Gasteiger charge is -2.08. The maximum atomic E-state index is 12.4. The summed E-state index contributed by atoms with van der Waals surface area (Å²) < 4.78 is 42.4. The number of rotatable bonds is 4. The SMILES string of the molecule is NCc1ccc(C(=O)NCc2ccc(C(F)(F)F)cc2)o1. The summed E-state index contributed by atoms with van der Waals surface area (Å²) in [6.07, 6.45) is -4.37. The molecule has 0 fully saturated rings. The molecule has 2 aromatic rings. The summed E-state index contributed by atoms with van der Waals surface area (Å²) in [6.45, 7) is 0.293. The van der Waals surface area contributed by atoms with Gasteiger partial charge in [0.2, 0.25) is 0 Å². The van der Waals surface area contributed by atoms with E-state index in [1.165, 1.54) is 18.2 Å². The topological polar surface area (TPSA) is 68.3 Å². The lowest BCUT2D eigenvalue weighted by molar-refractivity contribution is -0.137. The van der Waals surface area contributed by atoms with Crippen LogP contribution in [0.1, 0.15) is 27.4 Å². The van der Waals surface area contributed by atoms with Gasteiger partial charge in [0.15, 0.2) is 5.76 Å².